The zero-order chi connectivity index (χ0) is 14.0. The van der Waals surface area contributed by atoms with Crippen LogP contribution in [0.4, 0.5) is 11.4 Å². The van der Waals surface area contributed by atoms with Crippen molar-refractivity contribution in [1.29, 1.82) is 0 Å². The van der Waals surface area contributed by atoms with Crippen LogP contribution in [0.2, 0.25) is 0 Å². The topological polar surface area (TPSA) is 89.5 Å². The summed E-state index contributed by atoms with van der Waals surface area (Å²) < 4.78 is 0. The molecule has 0 saturated carbocycles. The minimum absolute atomic E-state index is 0.0771. The third-order valence-corrected chi connectivity index (χ3v) is 3.54. The van der Waals surface area contributed by atoms with Crippen LogP contribution in [0.3, 0.4) is 0 Å². The Morgan fingerprint density at radius 1 is 1.47 bits per heavy atom. The minimum atomic E-state index is -0.564. The molecule has 0 spiro atoms. The predicted octanol–water partition coefficient (Wildman–Crippen LogP) is 2.19. The molecule has 1 aliphatic heterocycles. The van der Waals surface area contributed by atoms with Crippen LogP contribution in [0.1, 0.15) is 36.5 Å². The number of benzene rings is 1. The third kappa shape index (κ3) is 2.67. The SMILES string of the molecule is C[C@@H]1CCCCN1C(=O)c1ccc(N)c([N+](=O)[O-])c1. The van der Waals surface area contributed by atoms with E-state index < -0.39 is 4.92 Å². The van der Waals surface area contributed by atoms with Gasteiger partial charge in [-0.05, 0) is 38.3 Å². The third-order valence-electron chi connectivity index (χ3n) is 3.54. The number of piperidine rings is 1. The van der Waals surface area contributed by atoms with E-state index in [4.69, 9.17) is 5.73 Å². The molecule has 1 saturated heterocycles. The smallest absolute Gasteiger partial charge is 0.292 e. The van der Waals surface area contributed by atoms with Crippen LogP contribution < -0.4 is 5.73 Å². The Bertz CT molecular complexity index is 516. The van der Waals surface area contributed by atoms with Gasteiger partial charge in [0.05, 0.1) is 4.92 Å². The van der Waals surface area contributed by atoms with Gasteiger partial charge in [-0.15, -0.1) is 0 Å². The molecule has 0 aromatic heterocycles. The van der Waals surface area contributed by atoms with Gasteiger partial charge in [0.1, 0.15) is 5.69 Å². The fourth-order valence-electron chi connectivity index (χ4n) is 2.40. The highest BCUT2D eigenvalue weighted by Gasteiger charge is 2.25. The van der Waals surface area contributed by atoms with E-state index in [1.807, 2.05) is 6.92 Å². The molecule has 0 unspecified atom stereocenters. The molecule has 1 aliphatic rings. The van der Waals surface area contributed by atoms with Crippen molar-refractivity contribution < 1.29 is 9.72 Å². The van der Waals surface area contributed by atoms with Crippen LogP contribution in [-0.2, 0) is 0 Å². The van der Waals surface area contributed by atoms with Gasteiger partial charge in [-0.2, -0.15) is 0 Å². The van der Waals surface area contributed by atoms with Gasteiger partial charge in [-0.1, -0.05) is 0 Å². The second-order valence-electron chi connectivity index (χ2n) is 4.87. The Hall–Kier alpha value is -2.11. The number of carbonyl (C=O) groups is 1. The average Bonchev–Trinajstić information content (AvgIpc) is 2.38. The highest BCUT2D eigenvalue weighted by Crippen LogP contribution is 2.25. The maximum absolute atomic E-state index is 12.4. The summed E-state index contributed by atoms with van der Waals surface area (Å²) in [6.45, 7) is 2.71. The first-order chi connectivity index (χ1) is 9.00. The fraction of sp³-hybridized carbons (Fsp3) is 0.462. The molecule has 2 rings (SSSR count). The maximum Gasteiger partial charge on any atom is 0.292 e. The molecule has 0 radical (unpaired) electrons. The highest BCUT2D eigenvalue weighted by atomic mass is 16.6. The van der Waals surface area contributed by atoms with Gasteiger partial charge in [-0.25, -0.2) is 0 Å². The summed E-state index contributed by atoms with van der Waals surface area (Å²) in [6, 6.07) is 4.41. The summed E-state index contributed by atoms with van der Waals surface area (Å²) in [5.41, 5.74) is 5.72. The molecule has 0 aliphatic carbocycles. The van der Waals surface area contributed by atoms with Gasteiger partial charge in [-0.3, -0.25) is 14.9 Å². The molecule has 2 N–H and O–H groups in total. The lowest BCUT2D eigenvalue weighted by Crippen LogP contribution is -2.42. The second kappa shape index (κ2) is 5.26. The van der Waals surface area contributed by atoms with Crippen LogP contribution in [-0.4, -0.2) is 28.3 Å². The monoisotopic (exact) mass is 263 g/mol. The largest absolute Gasteiger partial charge is 0.393 e. The van der Waals surface area contributed by atoms with Crippen LogP contribution in [0.5, 0.6) is 0 Å². The Balaban J connectivity index is 2.28. The van der Waals surface area contributed by atoms with Crippen molar-refractivity contribution in [3.05, 3.63) is 33.9 Å². The molecule has 6 heteroatoms. The van der Waals surface area contributed by atoms with E-state index in [9.17, 15) is 14.9 Å². The molecule has 0 bridgehead atoms. The normalized spacial score (nSPS) is 19.2. The number of nitro groups is 1. The number of hydrogen-bond donors (Lipinski definition) is 1. The first-order valence-electron chi connectivity index (χ1n) is 6.35. The molecule has 1 aromatic carbocycles. The van der Waals surface area contributed by atoms with Gasteiger partial charge in [0.15, 0.2) is 0 Å². The number of amides is 1. The summed E-state index contributed by atoms with van der Waals surface area (Å²) >= 11 is 0. The van der Waals surface area contributed by atoms with Crippen molar-refractivity contribution in [3.8, 4) is 0 Å². The van der Waals surface area contributed by atoms with Crippen molar-refractivity contribution in [2.45, 2.75) is 32.2 Å². The highest BCUT2D eigenvalue weighted by molar-refractivity contribution is 5.95. The molecule has 1 atom stereocenters. The van der Waals surface area contributed by atoms with Crippen molar-refractivity contribution in [1.82, 2.24) is 4.90 Å². The standard InChI is InChI=1S/C13H17N3O3/c1-9-4-2-3-7-15(9)13(17)10-5-6-11(14)12(8-10)16(18)19/h5-6,8-9H,2-4,7,14H2,1H3/t9-/m1/s1. The number of nitrogens with zero attached hydrogens (tertiary/aromatic N) is 2. The molecule has 102 valence electrons. The zero-order valence-corrected chi connectivity index (χ0v) is 10.8. The lowest BCUT2D eigenvalue weighted by Gasteiger charge is -2.33. The first-order valence-corrected chi connectivity index (χ1v) is 6.35. The number of rotatable bonds is 2. The number of nitrogen functional groups attached to an aromatic ring is 1. The van der Waals surface area contributed by atoms with Crippen LogP contribution in [0.15, 0.2) is 18.2 Å². The molecule has 19 heavy (non-hydrogen) atoms. The number of carbonyl (C=O) groups excluding carboxylic acids is 1. The van der Waals surface area contributed by atoms with Gasteiger partial charge in [0.2, 0.25) is 0 Å². The van der Waals surface area contributed by atoms with Crippen molar-refractivity contribution in [2.24, 2.45) is 0 Å². The molecular formula is C13H17N3O3. The lowest BCUT2D eigenvalue weighted by atomic mass is 10.0. The van der Waals surface area contributed by atoms with Crippen LogP contribution >= 0.6 is 0 Å². The van der Waals surface area contributed by atoms with E-state index in [0.717, 1.165) is 19.3 Å². The Kier molecular flexibility index (Phi) is 3.69. The van der Waals surface area contributed by atoms with Crippen molar-refractivity contribution >= 4 is 17.3 Å². The van der Waals surface area contributed by atoms with E-state index >= 15 is 0 Å². The van der Waals surface area contributed by atoms with E-state index in [-0.39, 0.29) is 23.3 Å². The zero-order valence-electron chi connectivity index (χ0n) is 10.8. The quantitative estimate of drug-likeness (QED) is 0.503. The van der Waals surface area contributed by atoms with Crippen LogP contribution in [0.25, 0.3) is 0 Å². The van der Waals surface area contributed by atoms with Gasteiger partial charge in [0.25, 0.3) is 11.6 Å². The fourth-order valence-corrected chi connectivity index (χ4v) is 2.40. The summed E-state index contributed by atoms with van der Waals surface area (Å²) in [5.74, 6) is -0.157. The Morgan fingerprint density at radius 3 is 2.84 bits per heavy atom. The number of anilines is 1. The van der Waals surface area contributed by atoms with Gasteiger partial charge in [0, 0.05) is 24.2 Å². The van der Waals surface area contributed by atoms with Gasteiger partial charge < -0.3 is 10.6 Å². The molecule has 1 fully saturated rings. The molecule has 1 aromatic rings. The average molecular weight is 263 g/mol. The molecule has 6 nitrogen and oxygen atoms in total. The number of nitro benzene ring substituents is 1. The second-order valence-corrected chi connectivity index (χ2v) is 4.87. The molecule has 1 amide bonds. The summed E-state index contributed by atoms with van der Waals surface area (Å²) in [5, 5.41) is 10.8. The minimum Gasteiger partial charge on any atom is -0.393 e. The summed E-state index contributed by atoms with van der Waals surface area (Å²) in [7, 11) is 0. The summed E-state index contributed by atoms with van der Waals surface area (Å²) in [4.78, 5) is 24.4. The van der Waals surface area contributed by atoms with E-state index in [2.05, 4.69) is 0 Å². The number of hydrogen-bond acceptors (Lipinski definition) is 4. The lowest BCUT2D eigenvalue weighted by molar-refractivity contribution is -0.383. The van der Waals surface area contributed by atoms with Gasteiger partial charge >= 0.3 is 0 Å². The van der Waals surface area contributed by atoms with Crippen molar-refractivity contribution in [2.75, 3.05) is 12.3 Å². The van der Waals surface area contributed by atoms with E-state index in [1.54, 1.807) is 11.0 Å². The van der Waals surface area contributed by atoms with Crippen molar-refractivity contribution in [3.63, 3.8) is 0 Å². The number of nitrogens with two attached hydrogens (primary N) is 1. The van der Waals surface area contributed by atoms with E-state index in [1.165, 1.54) is 12.1 Å². The number of likely N-dealkylation sites (tertiary alicyclic amines) is 1. The molecular weight excluding hydrogens is 246 g/mol. The van der Waals surface area contributed by atoms with E-state index in [0.29, 0.717) is 12.1 Å². The molecule has 1 heterocycles. The summed E-state index contributed by atoms with van der Waals surface area (Å²) in [6.07, 6.45) is 3.07. The Labute approximate surface area is 111 Å². The maximum atomic E-state index is 12.4. The predicted molar refractivity (Wildman–Crippen MR) is 71.9 cm³/mol. The first kappa shape index (κ1) is 13.3. The Morgan fingerprint density at radius 2 is 2.21 bits per heavy atom. The van der Waals surface area contributed by atoms with Crippen LogP contribution in [0, 0.1) is 10.1 Å².